The first-order chi connectivity index (χ1) is 9.65. The van der Waals surface area contributed by atoms with Gasteiger partial charge in [-0.25, -0.2) is 0 Å². The highest BCUT2D eigenvalue weighted by molar-refractivity contribution is 5.55. The molecular formula is C17H27NO2. The Kier molecular flexibility index (Phi) is 5.57. The van der Waals surface area contributed by atoms with E-state index < -0.39 is 0 Å². The molecule has 0 amide bonds. The van der Waals surface area contributed by atoms with Crippen LogP contribution in [0.1, 0.15) is 46.0 Å². The maximum absolute atomic E-state index is 5.98. The van der Waals surface area contributed by atoms with E-state index in [1.807, 2.05) is 18.2 Å². The van der Waals surface area contributed by atoms with Gasteiger partial charge < -0.3 is 15.2 Å². The Bertz CT molecular complexity index is 411. The van der Waals surface area contributed by atoms with Crippen molar-refractivity contribution in [1.29, 1.82) is 0 Å². The van der Waals surface area contributed by atoms with Gasteiger partial charge >= 0.3 is 0 Å². The van der Waals surface area contributed by atoms with Crippen molar-refractivity contribution < 1.29 is 9.47 Å². The van der Waals surface area contributed by atoms with Crippen molar-refractivity contribution in [3.05, 3.63) is 18.2 Å². The highest BCUT2D eigenvalue weighted by atomic mass is 16.5. The monoisotopic (exact) mass is 277 g/mol. The number of benzene rings is 1. The predicted molar refractivity (Wildman–Crippen MR) is 83.3 cm³/mol. The Morgan fingerprint density at radius 3 is 2.60 bits per heavy atom. The van der Waals surface area contributed by atoms with E-state index in [2.05, 4.69) is 13.8 Å². The summed E-state index contributed by atoms with van der Waals surface area (Å²) in [5.74, 6) is 2.80. The van der Waals surface area contributed by atoms with E-state index in [4.69, 9.17) is 15.2 Å². The molecular weight excluding hydrogens is 250 g/mol. The summed E-state index contributed by atoms with van der Waals surface area (Å²) in [7, 11) is 0. The van der Waals surface area contributed by atoms with Gasteiger partial charge in [0.2, 0.25) is 0 Å². The summed E-state index contributed by atoms with van der Waals surface area (Å²) in [5.41, 5.74) is 6.67. The molecule has 0 saturated heterocycles. The number of nitrogens with two attached hydrogens (primary N) is 1. The van der Waals surface area contributed by atoms with Crippen molar-refractivity contribution in [3.63, 3.8) is 0 Å². The van der Waals surface area contributed by atoms with E-state index in [0.29, 0.717) is 24.1 Å². The molecule has 112 valence electrons. The molecule has 0 bridgehead atoms. The Morgan fingerprint density at radius 2 is 1.90 bits per heavy atom. The summed E-state index contributed by atoms with van der Waals surface area (Å²) < 4.78 is 11.6. The predicted octanol–water partition coefficient (Wildman–Crippen LogP) is 4.26. The standard InChI is InChI=1S/C17H27NO2/c1-13(2)11-19-15-8-9-16(18)17(10-15)20-12-14-6-4-3-5-7-14/h8-10,13-14H,3-7,11-12,18H2,1-2H3. The molecule has 3 nitrogen and oxygen atoms in total. The second-order valence-corrected chi connectivity index (χ2v) is 6.22. The summed E-state index contributed by atoms with van der Waals surface area (Å²) in [5, 5.41) is 0. The molecule has 0 aromatic heterocycles. The van der Waals surface area contributed by atoms with E-state index in [1.54, 1.807) is 0 Å². The number of nitrogen functional groups attached to an aromatic ring is 1. The van der Waals surface area contributed by atoms with Crippen LogP contribution in [0.15, 0.2) is 18.2 Å². The zero-order valence-corrected chi connectivity index (χ0v) is 12.7. The number of anilines is 1. The van der Waals surface area contributed by atoms with Crippen molar-refractivity contribution in [3.8, 4) is 11.5 Å². The molecule has 0 aliphatic heterocycles. The minimum absolute atomic E-state index is 0.513. The molecule has 1 fully saturated rings. The summed E-state index contributed by atoms with van der Waals surface area (Å²) >= 11 is 0. The van der Waals surface area contributed by atoms with Gasteiger partial charge in [-0.15, -0.1) is 0 Å². The van der Waals surface area contributed by atoms with Crippen LogP contribution in [-0.2, 0) is 0 Å². The normalized spacial score (nSPS) is 16.4. The molecule has 0 heterocycles. The zero-order chi connectivity index (χ0) is 14.4. The van der Waals surface area contributed by atoms with Crippen molar-refractivity contribution in [1.82, 2.24) is 0 Å². The van der Waals surface area contributed by atoms with E-state index in [9.17, 15) is 0 Å². The highest BCUT2D eigenvalue weighted by Gasteiger charge is 2.14. The van der Waals surface area contributed by atoms with Crippen LogP contribution in [0.2, 0.25) is 0 Å². The maximum atomic E-state index is 5.98. The lowest BCUT2D eigenvalue weighted by molar-refractivity contribution is 0.208. The minimum Gasteiger partial charge on any atom is -0.493 e. The third kappa shape index (κ3) is 4.62. The van der Waals surface area contributed by atoms with Gasteiger partial charge in [0.25, 0.3) is 0 Å². The smallest absolute Gasteiger partial charge is 0.145 e. The zero-order valence-electron chi connectivity index (χ0n) is 12.7. The summed E-state index contributed by atoms with van der Waals surface area (Å²) in [6.07, 6.45) is 6.60. The maximum Gasteiger partial charge on any atom is 0.145 e. The number of rotatable bonds is 6. The van der Waals surface area contributed by atoms with Crippen molar-refractivity contribution in [2.45, 2.75) is 46.0 Å². The minimum atomic E-state index is 0.513. The molecule has 0 radical (unpaired) electrons. The number of ether oxygens (including phenoxy) is 2. The molecule has 1 aromatic carbocycles. The fourth-order valence-electron chi connectivity index (χ4n) is 2.55. The molecule has 0 unspecified atom stereocenters. The summed E-state index contributed by atoms with van der Waals surface area (Å²) in [6.45, 7) is 5.76. The fourth-order valence-corrected chi connectivity index (χ4v) is 2.55. The van der Waals surface area contributed by atoms with E-state index in [1.165, 1.54) is 32.1 Å². The van der Waals surface area contributed by atoms with Gasteiger partial charge in [0.15, 0.2) is 0 Å². The van der Waals surface area contributed by atoms with Gasteiger partial charge in [0, 0.05) is 6.07 Å². The molecule has 3 heteroatoms. The third-order valence-corrected chi connectivity index (χ3v) is 3.77. The van der Waals surface area contributed by atoms with E-state index in [-0.39, 0.29) is 0 Å². The topological polar surface area (TPSA) is 44.5 Å². The molecule has 1 aliphatic rings. The molecule has 0 spiro atoms. The molecule has 2 N–H and O–H groups in total. The van der Waals surface area contributed by atoms with Crippen LogP contribution >= 0.6 is 0 Å². The molecule has 20 heavy (non-hydrogen) atoms. The van der Waals surface area contributed by atoms with Crippen LogP contribution in [-0.4, -0.2) is 13.2 Å². The second-order valence-electron chi connectivity index (χ2n) is 6.22. The molecule has 2 rings (SSSR count). The van der Waals surface area contributed by atoms with Crippen LogP contribution in [0.25, 0.3) is 0 Å². The van der Waals surface area contributed by atoms with Gasteiger partial charge in [0.1, 0.15) is 11.5 Å². The molecule has 1 aromatic rings. The first-order valence-corrected chi connectivity index (χ1v) is 7.80. The van der Waals surface area contributed by atoms with Gasteiger partial charge in [-0.2, -0.15) is 0 Å². The number of hydrogen-bond donors (Lipinski definition) is 1. The first-order valence-electron chi connectivity index (χ1n) is 7.80. The van der Waals surface area contributed by atoms with Crippen molar-refractivity contribution in [2.75, 3.05) is 18.9 Å². The highest BCUT2D eigenvalue weighted by Crippen LogP contribution is 2.30. The largest absolute Gasteiger partial charge is 0.493 e. The molecule has 0 atom stereocenters. The van der Waals surface area contributed by atoms with Crippen LogP contribution in [0.3, 0.4) is 0 Å². The lowest BCUT2D eigenvalue weighted by Gasteiger charge is -2.22. The van der Waals surface area contributed by atoms with Crippen molar-refractivity contribution in [2.24, 2.45) is 11.8 Å². The molecule has 1 saturated carbocycles. The van der Waals surface area contributed by atoms with Crippen LogP contribution in [0.5, 0.6) is 11.5 Å². The van der Waals surface area contributed by atoms with Gasteiger partial charge in [0.05, 0.1) is 18.9 Å². The van der Waals surface area contributed by atoms with Gasteiger partial charge in [-0.05, 0) is 36.8 Å². The van der Waals surface area contributed by atoms with Gasteiger partial charge in [-0.1, -0.05) is 33.1 Å². The lowest BCUT2D eigenvalue weighted by atomic mass is 9.90. The third-order valence-electron chi connectivity index (χ3n) is 3.77. The Labute approximate surface area is 122 Å². The van der Waals surface area contributed by atoms with Gasteiger partial charge in [-0.3, -0.25) is 0 Å². The van der Waals surface area contributed by atoms with Crippen molar-refractivity contribution >= 4 is 5.69 Å². The van der Waals surface area contributed by atoms with E-state index in [0.717, 1.165) is 18.1 Å². The summed E-state index contributed by atoms with van der Waals surface area (Å²) in [4.78, 5) is 0. The quantitative estimate of drug-likeness (QED) is 0.790. The Morgan fingerprint density at radius 1 is 1.15 bits per heavy atom. The summed E-state index contributed by atoms with van der Waals surface area (Å²) in [6, 6.07) is 5.69. The average Bonchev–Trinajstić information content (AvgIpc) is 2.46. The van der Waals surface area contributed by atoms with Crippen LogP contribution < -0.4 is 15.2 Å². The molecule has 1 aliphatic carbocycles. The fraction of sp³-hybridized carbons (Fsp3) is 0.647. The SMILES string of the molecule is CC(C)COc1ccc(N)c(OCC2CCCCC2)c1. The average molecular weight is 277 g/mol. The van der Waals surface area contributed by atoms with Crippen LogP contribution in [0, 0.1) is 11.8 Å². The second kappa shape index (κ2) is 7.41. The van der Waals surface area contributed by atoms with Crippen LogP contribution in [0.4, 0.5) is 5.69 Å². The van der Waals surface area contributed by atoms with E-state index >= 15 is 0 Å². The Balaban J connectivity index is 1.90. The lowest BCUT2D eigenvalue weighted by Crippen LogP contribution is -2.15. The Hall–Kier alpha value is -1.38. The number of hydrogen-bond acceptors (Lipinski definition) is 3. The first kappa shape index (κ1) is 15.0.